The second kappa shape index (κ2) is 7.09. The largest absolute Gasteiger partial charge is 0.463 e. The van der Waals surface area contributed by atoms with Crippen LogP contribution >= 0.6 is 15.9 Å². The number of nitrogens with zero attached hydrogens (tertiary/aromatic N) is 2. The summed E-state index contributed by atoms with van der Waals surface area (Å²) in [5, 5.41) is 5.10. The lowest BCUT2D eigenvalue weighted by Crippen LogP contribution is -2.50. The van der Waals surface area contributed by atoms with Crippen molar-refractivity contribution in [1.82, 2.24) is 4.98 Å². The topological polar surface area (TPSA) is 70.0 Å². The summed E-state index contributed by atoms with van der Waals surface area (Å²) >= 11 is 3.43. The highest BCUT2D eigenvalue weighted by molar-refractivity contribution is 9.10. The third-order valence-corrected chi connectivity index (χ3v) is 4.47. The van der Waals surface area contributed by atoms with Gasteiger partial charge in [-0.05, 0) is 54.9 Å². The van der Waals surface area contributed by atoms with Gasteiger partial charge in [-0.1, -0.05) is 11.2 Å². The molecule has 2 heterocycles. The SMILES string of the molecule is CCOC(=O)C1(C)ON=C(c2ccc3ncc(Br)cc3c2)C1OCC. The van der Waals surface area contributed by atoms with Crippen molar-refractivity contribution in [3.8, 4) is 0 Å². The molecule has 0 saturated carbocycles. The molecular weight excluding hydrogens is 388 g/mol. The Kier molecular flexibility index (Phi) is 5.06. The molecule has 25 heavy (non-hydrogen) atoms. The highest BCUT2D eigenvalue weighted by Crippen LogP contribution is 2.32. The highest BCUT2D eigenvalue weighted by Gasteiger charge is 2.53. The molecule has 3 rings (SSSR count). The van der Waals surface area contributed by atoms with E-state index in [4.69, 9.17) is 14.3 Å². The first kappa shape index (κ1) is 17.8. The Hall–Kier alpha value is -1.99. The minimum Gasteiger partial charge on any atom is -0.463 e. The van der Waals surface area contributed by atoms with Crippen LogP contribution in [0, 0.1) is 0 Å². The van der Waals surface area contributed by atoms with Crippen LogP contribution in [0.3, 0.4) is 0 Å². The Morgan fingerprint density at radius 1 is 1.32 bits per heavy atom. The maximum atomic E-state index is 12.4. The molecule has 132 valence electrons. The molecule has 7 heteroatoms. The van der Waals surface area contributed by atoms with Crippen molar-refractivity contribution in [1.29, 1.82) is 0 Å². The van der Waals surface area contributed by atoms with Crippen LogP contribution in [-0.4, -0.2) is 41.6 Å². The smallest absolute Gasteiger partial charge is 0.356 e. The first-order valence-corrected chi connectivity index (χ1v) is 8.89. The maximum Gasteiger partial charge on any atom is 0.356 e. The summed E-state index contributed by atoms with van der Waals surface area (Å²) in [6, 6.07) is 7.73. The van der Waals surface area contributed by atoms with Gasteiger partial charge in [0.2, 0.25) is 0 Å². The number of aromatic nitrogens is 1. The fourth-order valence-electron chi connectivity index (χ4n) is 2.79. The van der Waals surface area contributed by atoms with Crippen molar-refractivity contribution in [2.45, 2.75) is 32.5 Å². The number of oxime groups is 1. The van der Waals surface area contributed by atoms with Gasteiger partial charge in [-0.25, -0.2) is 4.79 Å². The lowest BCUT2D eigenvalue weighted by Gasteiger charge is -2.26. The molecule has 0 N–H and O–H groups in total. The highest BCUT2D eigenvalue weighted by atomic mass is 79.9. The number of halogens is 1. The van der Waals surface area contributed by atoms with Crippen LogP contribution in [0.25, 0.3) is 10.9 Å². The molecule has 0 amide bonds. The van der Waals surface area contributed by atoms with E-state index in [-0.39, 0.29) is 6.61 Å². The third-order valence-electron chi connectivity index (χ3n) is 4.04. The van der Waals surface area contributed by atoms with Gasteiger partial charge in [0.05, 0.1) is 12.1 Å². The zero-order valence-electron chi connectivity index (χ0n) is 14.3. The molecule has 0 saturated heterocycles. The van der Waals surface area contributed by atoms with E-state index in [2.05, 4.69) is 26.1 Å². The standard InChI is InChI=1S/C18H19BrN2O4/c1-4-23-16-15(21-25-18(16,3)17(22)24-5-2)11-6-7-14-12(8-11)9-13(19)10-20-14/h6-10,16H,4-5H2,1-3H3. The fraction of sp³-hybridized carbons (Fsp3) is 0.389. The van der Waals surface area contributed by atoms with Gasteiger partial charge < -0.3 is 14.3 Å². The summed E-state index contributed by atoms with van der Waals surface area (Å²) in [5.74, 6) is -0.489. The maximum absolute atomic E-state index is 12.4. The predicted octanol–water partition coefficient (Wildman–Crippen LogP) is 3.46. The second-order valence-corrected chi connectivity index (χ2v) is 6.71. The number of pyridine rings is 1. The molecule has 2 unspecified atom stereocenters. The number of carbonyl (C=O) groups is 1. The van der Waals surface area contributed by atoms with Crippen molar-refractivity contribution < 1.29 is 19.1 Å². The van der Waals surface area contributed by atoms with Crippen LogP contribution in [0.2, 0.25) is 0 Å². The number of hydrogen-bond acceptors (Lipinski definition) is 6. The summed E-state index contributed by atoms with van der Waals surface area (Å²) < 4.78 is 11.8. The van der Waals surface area contributed by atoms with E-state index >= 15 is 0 Å². The fourth-order valence-corrected chi connectivity index (χ4v) is 3.14. The minimum atomic E-state index is -1.30. The van der Waals surface area contributed by atoms with Crippen molar-refractivity contribution in [2.75, 3.05) is 13.2 Å². The first-order chi connectivity index (χ1) is 12.0. The van der Waals surface area contributed by atoms with Gasteiger partial charge >= 0.3 is 5.97 Å². The van der Waals surface area contributed by atoms with Gasteiger partial charge in [0.15, 0.2) is 6.10 Å². The molecule has 2 atom stereocenters. The Labute approximate surface area is 154 Å². The normalized spacial score (nSPS) is 22.6. The third kappa shape index (κ3) is 3.26. The second-order valence-electron chi connectivity index (χ2n) is 5.79. The van der Waals surface area contributed by atoms with E-state index in [0.717, 1.165) is 20.9 Å². The van der Waals surface area contributed by atoms with Crippen molar-refractivity contribution >= 4 is 38.5 Å². The molecular formula is C18H19BrN2O4. The zero-order valence-corrected chi connectivity index (χ0v) is 15.9. The number of hydrogen-bond donors (Lipinski definition) is 0. The van der Waals surface area contributed by atoms with E-state index < -0.39 is 17.7 Å². The predicted molar refractivity (Wildman–Crippen MR) is 97.5 cm³/mol. The van der Waals surface area contributed by atoms with E-state index in [1.165, 1.54) is 0 Å². The van der Waals surface area contributed by atoms with Crippen LogP contribution in [0.4, 0.5) is 0 Å². The molecule has 1 aromatic carbocycles. The molecule has 0 bridgehead atoms. The van der Waals surface area contributed by atoms with Gasteiger partial charge in [-0.15, -0.1) is 0 Å². The van der Waals surface area contributed by atoms with Crippen molar-refractivity contribution in [2.24, 2.45) is 5.16 Å². The molecule has 0 aliphatic carbocycles. The molecule has 1 aliphatic rings. The Balaban J connectivity index is 1.99. The van der Waals surface area contributed by atoms with Crippen molar-refractivity contribution in [3.05, 3.63) is 40.5 Å². The monoisotopic (exact) mass is 406 g/mol. The van der Waals surface area contributed by atoms with E-state index in [1.54, 1.807) is 20.0 Å². The number of rotatable bonds is 5. The van der Waals surface area contributed by atoms with Crippen LogP contribution in [0.5, 0.6) is 0 Å². The van der Waals surface area contributed by atoms with Crippen LogP contribution in [0.1, 0.15) is 26.3 Å². The molecule has 6 nitrogen and oxygen atoms in total. The Morgan fingerprint density at radius 2 is 2.12 bits per heavy atom. The number of fused-ring (bicyclic) bond motifs is 1. The van der Waals surface area contributed by atoms with Gasteiger partial charge in [-0.3, -0.25) is 4.98 Å². The quantitative estimate of drug-likeness (QED) is 0.711. The van der Waals surface area contributed by atoms with E-state index in [9.17, 15) is 4.79 Å². The number of ether oxygens (including phenoxy) is 2. The number of carbonyl (C=O) groups excluding carboxylic acids is 1. The molecule has 0 radical (unpaired) electrons. The lowest BCUT2D eigenvalue weighted by atomic mass is 9.91. The number of benzene rings is 1. The van der Waals surface area contributed by atoms with Crippen LogP contribution < -0.4 is 0 Å². The van der Waals surface area contributed by atoms with Crippen LogP contribution in [-0.2, 0) is 19.1 Å². The van der Waals surface area contributed by atoms with Gasteiger partial charge in [0, 0.05) is 28.2 Å². The zero-order chi connectivity index (χ0) is 18.0. The van der Waals surface area contributed by atoms with Gasteiger partial charge in [0.1, 0.15) is 5.71 Å². The average molecular weight is 407 g/mol. The van der Waals surface area contributed by atoms with Crippen LogP contribution in [0.15, 0.2) is 40.1 Å². The summed E-state index contributed by atoms with van der Waals surface area (Å²) in [4.78, 5) is 22.2. The molecule has 1 aromatic heterocycles. The van der Waals surface area contributed by atoms with Gasteiger partial charge in [0.25, 0.3) is 5.60 Å². The Morgan fingerprint density at radius 3 is 2.84 bits per heavy atom. The average Bonchev–Trinajstić information content (AvgIpc) is 2.93. The summed E-state index contributed by atoms with van der Waals surface area (Å²) in [7, 11) is 0. The molecule has 2 aromatic rings. The number of esters is 1. The summed E-state index contributed by atoms with van der Waals surface area (Å²) in [5.41, 5.74) is 0.956. The molecule has 0 spiro atoms. The first-order valence-electron chi connectivity index (χ1n) is 8.10. The minimum absolute atomic E-state index is 0.266. The lowest BCUT2D eigenvalue weighted by molar-refractivity contribution is -0.177. The summed E-state index contributed by atoms with van der Waals surface area (Å²) in [6.07, 6.45) is 1.10. The van der Waals surface area contributed by atoms with E-state index in [0.29, 0.717) is 12.3 Å². The summed E-state index contributed by atoms with van der Waals surface area (Å²) in [6.45, 7) is 5.94. The van der Waals surface area contributed by atoms with Gasteiger partial charge in [-0.2, -0.15) is 0 Å². The Bertz CT molecular complexity index is 839. The van der Waals surface area contributed by atoms with E-state index in [1.807, 2.05) is 31.2 Å². The van der Waals surface area contributed by atoms with Crippen molar-refractivity contribution in [3.63, 3.8) is 0 Å². The molecule has 1 aliphatic heterocycles. The molecule has 0 fully saturated rings.